The van der Waals surface area contributed by atoms with E-state index < -0.39 is 44.7 Å². The summed E-state index contributed by atoms with van der Waals surface area (Å²) in [7, 11) is -4.01. The van der Waals surface area contributed by atoms with Crippen molar-refractivity contribution in [2.75, 3.05) is 5.75 Å². The van der Waals surface area contributed by atoms with Crippen LogP contribution in [0.25, 0.3) is 0 Å². The minimum Gasteiger partial charge on any atom is -0.393 e. The van der Waals surface area contributed by atoms with E-state index in [4.69, 9.17) is 0 Å². The van der Waals surface area contributed by atoms with Gasteiger partial charge in [-0.15, -0.1) is 0 Å². The lowest BCUT2D eigenvalue weighted by molar-refractivity contribution is -0.222. The molecule has 4 fully saturated rings. The van der Waals surface area contributed by atoms with E-state index in [1.54, 1.807) is 0 Å². The quantitative estimate of drug-likeness (QED) is 0.332. The Bertz CT molecular complexity index is 1250. The molecule has 0 bridgehead atoms. The molecule has 5 rings (SSSR count). The van der Waals surface area contributed by atoms with Crippen molar-refractivity contribution in [3.63, 3.8) is 0 Å². The van der Waals surface area contributed by atoms with Gasteiger partial charge >= 0.3 is 0 Å². The average Bonchev–Trinajstić information content (AvgIpc) is 3.29. The van der Waals surface area contributed by atoms with Gasteiger partial charge in [0.2, 0.25) is 0 Å². The first-order valence-corrected chi connectivity index (χ1v) is 17.9. The predicted molar refractivity (Wildman–Crippen MR) is 159 cm³/mol. The first-order chi connectivity index (χ1) is 19.8. The van der Waals surface area contributed by atoms with Crippen LogP contribution in [0.4, 0.5) is 8.78 Å². The van der Waals surface area contributed by atoms with Crippen molar-refractivity contribution in [2.24, 2.45) is 52.3 Å². The van der Waals surface area contributed by atoms with E-state index in [9.17, 15) is 27.8 Å². The van der Waals surface area contributed by atoms with Gasteiger partial charge < -0.3 is 10.2 Å². The third-order valence-electron chi connectivity index (χ3n) is 12.8. The van der Waals surface area contributed by atoms with Gasteiger partial charge in [0.15, 0.2) is 9.84 Å². The second kappa shape index (κ2) is 11.8. The molecule has 0 radical (unpaired) electrons. The summed E-state index contributed by atoms with van der Waals surface area (Å²) in [6, 6.07) is 5.17. The first-order valence-electron chi connectivity index (χ1n) is 16.3. The minimum absolute atomic E-state index is 0.0601. The van der Waals surface area contributed by atoms with Crippen LogP contribution in [0.1, 0.15) is 91.9 Å². The number of ketones is 1. The number of hydrogen-bond acceptors (Lipinski definition) is 5. The van der Waals surface area contributed by atoms with E-state index >= 15 is 4.39 Å². The summed E-state index contributed by atoms with van der Waals surface area (Å²) < 4.78 is 54.8. The number of hydrogen-bond donors (Lipinski definition) is 2. The van der Waals surface area contributed by atoms with Crippen LogP contribution in [0.2, 0.25) is 0 Å². The third-order valence-corrected chi connectivity index (χ3v) is 14.5. The number of carbonyl (C=O) groups excluding carboxylic acids is 1. The Morgan fingerprint density at radius 3 is 2.40 bits per heavy atom. The summed E-state index contributed by atoms with van der Waals surface area (Å²) in [4.78, 5) is 12.2. The predicted octanol–water partition coefficient (Wildman–Crippen LogP) is 6.55. The number of benzene rings is 1. The number of aliphatic hydroxyl groups is 2. The first kappa shape index (κ1) is 32.0. The van der Waals surface area contributed by atoms with Crippen molar-refractivity contribution >= 4 is 15.6 Å². The molecule has 12 atom stereocenters. The van der Waals surface area contributed by atoms with E-state index in [2.05, 4.69) is 20.8 Å². The Labute approximate surface area is 250 Å². The molecular formula is C34H50F2O5S. The molecule has 42 heavy (non-hydrogen) atoms. The molecule has 4 saturated carbocycles. The van der Waals surface area contributed by atoms with Crippen LogP contribution >= 0.6 is 0 Å². The van der Waals surface area contributed by atoms with Gasteiger partial charge in [0.25, 0.3) is 0 Å². The lowest BCUT2D eigenvalue weighted by Crippen LogP contribution is -2.65. The molecule has 8 heteroatoms. The molecule has 1 aromatic rings. The number of halogens is 2. The Hall–Kier alpha value is -1.38. The van der Waals surface area contributed by atoms with Gasteiger partial charge in [-0.2, -0.15) is 0 Å². The Balaban J connectivity index is 1.24. The zero-order chi connectivity index (χ0) is 30.6. The van der Waals surface area contributed by atoms with Crippen molar-refractivity contribution in [3.8, 4) is 0 Å². The number of alkyl halides is 1. The summed E-state index contributed by atoms with van der Waals surface area (Å²) in [6.07, 6.45) is 4.92. The summed E-state index contributed by atoms with van der Waals surface area (Å²) in [5.74, 6) is -0.796. The smallest absolute Gasteiger partial charge is 0.188 e. The fraction of sp³-hybridized carbons (Fsp3) is 0.794. The van der Waals surface area contributed by atoms with Crippen molar-refractivity contribution in [1.82, 2.24) is 0 Å². The van der Waals surface area contributed by atoms with E-state index in [-0.39, 0.29) is 46.7 Å². The van der Waals surface area contributed by atoms with Crippen LogP contribution in [0.15, 0.2) is 29.2 Å². The Morgan fingerprint density at radius 2 is 1.71 bits per heavy atom. The maximum Gasteiger partial charge on any atom is 0.188 e. The molecule has 1 aromatic carbocycles. The molecular weight excluding hydrogens is 558 g/mol. The molecule has 0 aromatic heterocycles. The zero-order valence-corrected chi connectivity index (χ0v) is 26.5. The molecule has 0 amide bonds. The second-order valence-electron chi connectivity index (χ2n) is 14.8. The molecule has 5 nitrogen and oxygen atoms in total. The van der Waals surface area contributed by atoms with Crippen LogP contribution in [-0.4, -0.2) is 48.5 Å². The fourth-order valence-corrected chi connectivity index (χ4v) is 12.2. The molecule has 4 aliphatic rings. The highest BCUT2D eigenvalue weighted by Gasteiger charge is 2.66. The van der Waals surface area contributed by atoms with Crippen molar-refractivity contribution < 1.29 is 32.2 Å². The van der Waals surface area contributed by atoms with Gasteiger partial charge in [0.1, 0.15) is 28.4 Å². The second-order valence-corrected chi connectivity index (χ2v) is 16.7. The number of aliphatic hydroxyl groups excluding tert-OH is 2. The van der Waals surface area contributed by atoms with Gasteiger partial charge in [0.05, 0.1) is 12.2 Å². The zero-order valence-electron chi connectivity index (χ0n) is 25.6. The lowest BCUT2D eigenvalue weighted by atomic mass is 9.41. The van der Waals surface area contributed by atoms with E-state index in [1.807, 2.05) is 6.92 Å². The van der Waals surface area contributed by atoms with Crippen molar-refractivity contribution in [3.05, 3.63) is 30.1 Å². The summed E-state index contributed by atoms with van der Waals surface area (Å²) in [6.45, 7) is 8.92. The van der Waals surface area contributed by atoms with Gasteiger partial charge in [-0.3, -0.25) is 4.79 Å². The topological polar surface area (TPSA) is 91.7 Å². The number of sulfone groups is 1. The lowest BCUT2D eigenvalue weighted by Gasteiger charge is -2.65. The van der Waals surface area contributed by atoms with Crippen LogP contribution in [0.5, 0.6) is 0 Å². The largest absolute Gasteiger partial charge is 0.393 e. The SMILES string of the molecule is CC[C@@H]1[C@@H]2[C@@H](F)[C@H](O)CC[C@]2(C)C2CC[C@@]3(C)C(CCC3[C@H](C)CCCC(=O)CS(=O)(=O)c3ccccc3F)C2[C@@H]1O. The summed E-state index contributed by atoms with van der Waals surface area (Å²) >= 11 is 0. The van der Waals surface area contributed by atoms with Crippen LogP contribution in [0.3, 0.4) is 0 Å². The number of carbonyl (C=O) groups is 1. The molecule has 4 unspecified atom stereocenters. The van der Waals surface area contributed by atoms with Gasteiger partial charge in [-0.1, -0.05) is 52.7 Å². The summed E-state index contributed by atoms with van der Waals surface area (Å²) in [5, 5.41) is 22.3. The highest BCUT2D eigenvalue weighted by Crippen LogP contribution is 2.69. The highest BCUT2D eigenvalue weighted by atomic mass is 32.2. The molecule has 236 valence electrons. The van der Waals surface area contributed by atoms with Crippen LogP contribution in [-0.2, 0) is 14.6 Å². The van der Waals surface area contributed by atoms with Crippen molar-refractivity contribution in [2.45, 2.75) is 115 Å². The molecule has 4 aliphatic carbocycles. The number of rotatable bonds is 9. The minimum atomic E-state index is -4.01. The summed E-state index contributed by atoms with van der Waals surface area (Å²) in [5.41, 5.74) is -0.151. The maximum atomic E-state index is 15.6. The number of fused-ring (bicyclic) bond motifs is 5. The molecule has 0 saturated heterocycles. The van der Waals surface area contributed by atoms with E-state index in [0.29, 0.717) is 37.0 Å². The Kier molecular flexibility index (Phi) is 9.04. The van der Waals surface area contributed by atoms with Gasteiger partial charge in [-0.05, 0) is 103 Å². The van der Waals surface area contributed by atoms with Gasteiger partial charge in [0, 0.05) is 12.3 Å². The molecule has 0 aliphatic heterocycles. The standard InChI is InChI=1S/C34H50F2O5S/c1-5-22-30-31(36)27(38)16-18-34(30,4)25-15-17-33(3)23(13-14-24(33)29(25)32(22)39)20(2)9-8-10-21(37)19-42(40,41)28-12-7-6-11-26(28)35/h6-7,11-12,20,22-25,27,29-32,38-39H,5,8-10,13-19H2,1-4H3/t20-,22-,23?,24?,25?,27-,29?,30-,31+,32-,33-,34-/m1/s1. The Morgan fingerprint density at radius 1 is 1.05 bits per heavy atom. The van der Waals surface area contributed by atoms with E-state index in [1.165, 1.54) is 18.2 Å². The van der Waals surface area contributed by atoms with Gasteiger partial charge in [-0.25, -0.2) is 17.2 Å². The third kappa shape index (κ3) is 5.29. The maximum absolute atomic E-state index is 15.6. The fourth-order valence-electron chi connectivity index (χ4n) is 10.8. The average molecular weight is 609 g/mol. The molecule has 0 spiro atoms. The normalized spacial score (nSPS) is 42.3. The molecule has 0 heterocycles. The monoisotopic (exact) mass is 608 g/mol. The van der Waals surface area contributed by atoms with Crippen LogP contribution < -0.4 is 0 Å². The molecule has 2 N–H and O–H groups in total. The number of Topliss-reactive ketones (excluding diaryl/α,β-unsaturated/α-hetero) is 1. The van der Waals surface area contributed by atoms with E-state index in [0.717, 1.165) is 44.6 Å². The highest BCUT2D eigenvalue weighted by molar-refractivity contribution is 7.92. The van der Waals surface area contributed by atoms with Crippen LogP contribution in [0, 0.1) is 58.1 Å². The van der Waals surface area contributed by atoms with Crippen molar-refractivity contribution in [1.29, 1.82) is 0 Å².